The van der Waals surface area contributed by atoms with Crippen LogP contribution < -0.4 is 10.2 Å². The molecular weight excluding hydrogens is 487 g/mol. The van der Waals surface area contributed by atoms with E-state index in [-0.39, 0.29) is 29.4 Å². The number of amides is 1. The molecule has 0 saturated carbocycles. The normalized spacial score (nSPS) is 18.4. The van der Waals surface area contributed by atoms with E-state index in [4.69, 9.17) is 9.47 Å². The summed E-state index contributed by atoms with van der Waals surface area (Å²) in [6.07, 6.45) is -3.77. The van der Waals surface area contributed by atoms with Gasteiger partial charge in [-0.25, -0.2) is 0 Å². The Labute approximate surface area is 215 Å². The second-order valence-electron chi connectivity index (χ2n) is 11.7. The number of carbonyl (C=O) groups excluding carboxylic acids is 1. The fraction of sp³-hybridized carbons (Fsp3) is 0.630. The van der Waals surface area contributed by atoms with Crippen LogP contribution in [0.5, 0.6) is 5.75 Å². The van der Waals surface area contributed by atoms with Crippen LogP contribution >= 0.6 is 0 Å². The summed E-state index contributed by atoms with van der Waals surface area (Å²) in [5, 5.41) is 10.3. The van der Waals surface area contributed by atoms with Gasteiger partial charge >= 0.3 is 6.18 Å². The topological polar surface area (TPSA) is 78.0 Å². The van der Waals surface area contributed by atoms with Gasteiger partial charge in [-0.3, -0.25) is 14.2 Å². The van der Waals surface area contributed by atoms with Gasteiger partial charge in [0, 0.05) is 30.8 Å². The van der Waals surface area contributed by atoms with E-state index >= 15 is 0 Å². The molecule has 1 aromatic heterocycles. The zero-order chi connectivity index (χ0) is 27.8. The number of ether oxygens (including phenoxy) is 2. The second kappa shape index (κ2) is 10.6. The number of hydrogen-bond acceptors (Lipinski definition) is 4. The number of nitrogens with zero attached hydrogens (tertiary/aromatic N) is 3. The number of aromatic nitrogens is 2. The van der Waals surface area contributed by atoms with Crippen molar-refractivity contribution in [2.24, 2.45) is 17.5 Å². The Bertz CT molecular complexity index is 1180. The van der Waals surface area contributed by atoms with Crippen molar-refractivity contribution in [1.29, 1.82) is 0 Å². The predicted octanol–water partition coefficient (Wildman–Crippen LogP) is 4.85. The van der Waals surface area contributed by atoms with Gasteiger partial charge in [-0.1, -0.05) is 41.5 Å². The zero-order valence-corrected chi connectivity index (χ0v) is 22.6. The number of halogens is 3. The number of benzene rings is 1. The summed E-state index contributed by atoms with van der Waals surface area (Å²) < 4.78 is 55.6. The maximum absolute atomic E-state index is 13.5. The van der Waals surface area contributed by atoms with Crippen molar-refractivity contribution in [2.45, 2.75) is 84.7 Å². The number of carbonyl (C=O) groups is 1. The molecule has 1 N–H and O–H groups in total. The molecule has 2 atom stereocenters. The van der Waals surface area contributed by atoms with Crippen molar-refractivity contribution in [1.82, 2.24) is 9.36 Å². The smallest absolute Gasteiger partial charge is 0.416 e. The van der Waals surface area contributed by atoms with E-state index in [9.17, 15) is 23.1 Å². The van der Waals surface area contributed by atoms with E-state index in [0.717, 1.165) is 36.7 Å². The minimum absolute atomic E-state index is 0.0400. The lowest BCUT2D eigenvalue weighted by Gasteiger charge is -2.26. The Kier molecular flexibility index (Phi) is 8.34. The first kappa shape index (κ1) is 29.0. The van der Waals surface area contributed by atoms with E-state index in [1.54, 1.807) is 6.07 Å². The largest absolute Gasteiger partial charge is 0.490 e. The second-order valence-corrected chi connectivity index (χ2v) is 11.7. The number of aliphatic hydroxyl groups excluding tert-OH is 1. The first-order valence-electron chi connectivity index (χ1n) is 12.5. The average molecular weight is 526 g/mol. The quantitative estimate of drug-likeness (QED) is 0.585. The zero-order valence-electron chi connectivity index (χ0n) is 22.6. The molecule has 0 unspecified atom stereocenters. The molecule has 1 saturated heterocycles. The molecule has 206 valence electrons. The Morgan fingerprint density at radius 1 is 1.19 bits per heavy atom. The summed E-state index contributed by atoms with van der Waals surface area (Å²) in [5.41, 5.74) is -0.845. The minimum Gasteiger partial charge on any atom is -0.490 e. The first-order valence-corrected chi connectivity index (χ1v) is 12.5. The molecule has 1 aliphatic heterocycles. The molecule has 3 rings (SSSR count). The lowest BCUT2D eigenvalue weighted by atomic mass is 9.90. The number of aliphatic hydroxyl groups is 1. The van der Waals surface area contributed by atoms with Crippen molar-refractivity contribution < 1.29 is 32.5 Å². The molecule has 7 nitrogen and oxygen atoms in total. The van der Waals surface area contributed by atoms with Gasteiger partial charge in [0.1, 0.15) is 12.4 Å². The van der Waals surface area contributed by atoms with Crippen LogP contribution in [-0.2, 0) is 29.9 Å². The molecule has 0 aliphatic carbocycles. The van der Waals surface area contributed by atoms with Crippen LogP contribution in [-0.4, -0.2) is 45.8 Å². The van der Waals surface area contributed by atoms with E-state index in [1.165, 1.54) is 0 Å². The fourth-order valence-corrected chi connectivity index (χ4v) is 4.15. The Morgan fingerprint density at radius 2 is 1.86 bits per heavy atom. The SMILES string of the molecule is Cn1c(C(C)(C)C)c/c(=N\C(=O)c2cc(C(F)(F)F)ccc2OC[C@@H](O)C(C)(C)C)n1C[C@H]1CCCO1. The van der Waals surface area contributed by atoms with Crippen molar-refractivity contribution in [3.63, 3.8) is 0 Å². The highest BCUT2D eigenvalue weighted by molar-refractivity contribution is 5.97. The van der Waals surface area contributed by atoms with Crippen LogP contribution in [0.4, 0.5) is 13.2 Å². The van der Waals surface area contributed by atoms with Crippen molar-refractivity contribution >= 4 is 5.91 Å². The molecule has 1 aliphatic rings. The number of rotatable bonds is 6. The third kappa shape index (κ3) is 7.04. The molecule has 0 spiro atoms. The van der Waals surface area contributed by atoms with Crippen molar-refractivity contribution in [2.75, 3.05) is 13.2 Å². The van der Waals surface area contributed by atoms with E-state index < -0.39 is 29.2 Å². The molecular formula is C27H38F3N3O4. The average Bonchev–Trinajstić information content (AvgIpc) is 3.39. The third-order valence-electron chi connectivity index (χ3n) is 6.56. The molecule has 0 radical (unpaired) electrons. The van der Waals surface area contributed by atoms with Crippen LogP contribution in [0.3, 0.4) is 0 Å². The standard InChI is InChI=1S/C27H38F3N3O4/c1-25(2,3)21-14-23(33(32(21)7)15-18-9-8-12-36-18)31-24(35)19-13-17(27(28,29)30)10-11-20(19)37-16-22(34)26(4,5)6/h10-11,13-14,18,22,34H,8-9,12,15-16H2,1-7H3/b31-23+/t18-,22-/m1/s1. The van der Waals surface area contributed by atoms with Gasteiger partial charge in [0.05, 0.1) is 29.9 Å². The number of hydrogen-bond donors (Lipinski definition) is 1. The Hall–Kier alpha value is -2.59. The molecule has 37 heavy (non-hydrogen) atoms. The summed E-state index contributed by atoms with van der Waals surface area (Å²) in [5.74, 6) is -0.929. The fourth-order valence-electron chi connectivity index (χ4n) is 4.15. The van der Waals surface area contributed by atoms with E-state index in [2.05, 4.69) is 4.99 Å². The van der Waals surface area contributed by atoms with Crippen LogP contribution in [0.2, 0.25) is 0 Å². The Morgan fingerprint density at radius 3 is 2.41 bits per heavy atom. The molecule has 1 aromatic carbocycles. The van der Waals surface area contributed by atoms with Crippen LogP contribution in [0.1, 0.15) is 76.0 Å². The molecule has 0 bridgehead atoms. The summed E-state index contributed by atoms with van der Waals surface area (Å²) >= 11 is 0. The summed E-state index contributed by atoms with van der Waals surface area (Å²) in [7, 11) is 1.87. The van der Waals surface area contributed by atoms with Gasteiger partial charge in [0.2, 0.25) is 0 Å². The van der Waals surface area contributed by atoms with Gasteiger partial charge in [-0.05, 0) is 36.5 Å². The number of alkyl halides is 3. The lowest BCUT2D eigenvalue weighted by Crippen LogP contribution is -2.32. The van der Waals surface area contributed by atoms with Gasteiger partial charge < -0.3 is 14.6 Å². The van der Waals surface area contributed by atoms with Crippen molar-refractivity contribution in [3.05, 3.63) is 46.6 Å². The van der Waals surface area contributed by atoms with Gasteiger partial charge in [0.25, 0.3) is 5.91 Å². The van der Waals surface area contributed by atoms with Crippen LogP contribution in [0.25, 0.3) is 0 Å². The maximum Gasteiger partial charge on any atom is 0.416 e. The summed E-state index contributed by atoms with van der Waals surface area (Å²) in [6, 6.07) is 4.49. The highest BCUT2D eigenvalue weighted by Gasteiger charge is 2.33. The maximum atomic E-state index is 13.5. The van der Waals surface area contributed by atoms with Gasteiger partial charge in [-0.15, -0.1) is 0 Å². The molecule has 1 fully saturated rings. The highest BCUT2D eigenvalue weighted by Crippen LogP contribution is 2.33. The van der Waals surface area contributed by atoms with Crippen molar-refractivity contribution in [3.8, 4) is 5.75 Å². The van der Waals surface area contributed by atoms with Crippen LogP contribution in [0.15, 0.2) is 29.3 Å². The molecule has 10 heteroatoms. The first-order chi connectivity index (χ1) is 17.0. The monoisotopic (exact) mass is 525 g/mol. The lowest BCUT2D eigenvalue weighted by molar-refractivity contribution is -0.137. The summed E-state index contributed by atoms with van der Waals surface area (Å²) in [6.45, 7) is 12.5. The summed E-state index contributed by atoms with van der Waals surface area (Å²) in [4.78, 5) is 17.6. The van der Waals surface area contributed by atoms with Gasteiger partial charge in [0.15, 0.2) is 5.49 Å². The highest BCUT2D eigenvalue weighted by atomic mass is 19.4. The van der Waals surface area contributed by atoms with E-state index in [1.807, 2.05) is 58.0 Å². The molecule has 1 amide bonds. The Balaban J connectivity index is 2.08. The minimum atomic E-state index is -4.65. The molecule has 2 heterocycles. The van der Waals surface area contributed by atoms with E-state index in [0.29, 0.717) is 18.6 Å². The predicted molar refractivity (Wildman–Crippen MR) is 133 cm³/mol. The third-order valence-corrected chi connectivity index (χ3v) is 6.56. The molecule has 2 aromatic rings. The van der Waals surface area contributed by atoms with Crippen LogP contribution in [0, 0.1) is 5.41 Å². The van der Waals surface area contributed by atoms with Gasteiger partial charge in [-0.2, -0.15) is 18.2 Å².